The second kappa shape index (κ2) is 7.97. The van der Waals surface area contributed by atoms with Crippen LogP contribution in [-0.4, -0.2) is 50.7 Å². The molecule has 1 N–H and O–H groups in total. The summed E-state index contributed by atoms with van der Waals surface area (Å²) >= 11 is 0. The first-order valence-corrected chi connectivity index (χ1v) is 6.79. The van der Waals surface area contributed by atoms with Gasteiger partial charge >= 0.3 is 0 Å². The van der Waals surface area contributed by atoms with Gasteiger partial charge in [0.2, 0.25) is 5.91 Å². The molecule has 2 aliphatic rings. The van der Waals surface area contributed by atoms with Crippen LogP contribution in [0.25, 0.3) is 0 Å². The van der Waals surface area contributed by atoms with Crippen molar-refractivity contribution in [2.24, 2.45) is 11.8 Å². The number of ether oxygens (including phenoxy) is 1. The number of methoxy groups -OCH3 is 1. The van der Waals surface area contributed by atoms with Gasteiger partial charge < -0.3 is 15.0 Å². The number of carbonyl (C=O) groups is 1. The number of nitrogens with one attached hydrogen (secondary N) is 1. The van der Waals surface area contributed by atoms with Crippen molar-refractivity contribution >= 4 is 18.3 Å². The van der Waals surface area contributed by atoms with Gasteiger partial charge in [-0.25, -0.2) is 0 Å². The Morgan fingerprint density at radius 2 is 2.06 bits per heavy atom. The fraction of sp³-hybridized carbons (Fsp3) is 0.923. The Morgan fingerprint density at radius 3 is 2.61 bits per heavy atom. The maximum Gasteiger partial charge on any atom is 0.226 e. The first kappa shape index (κ1) is 15.7. The van der Waals surface area contributed by atoms with Gasteiger partial charge in [-0.15, -0.1) is 12.4 Å². The average molecular weight is 277 g/mol. The number of carbonyl (C=O) groups excluding carboxylic acids is 1. The third kappa shape index (κ3) is 4.11. The van der Waals surface area contributed by atoms with Crippen molar-refractivity contribution in [1.29, 1.82) is 0 Å². The zero-order valence-corrected chi connectivity index (χ0v) is 12.0. The summed E-state index contributed by atoms with van der Waals surface area (Å²) < 4.78 is 5.18. The average Bonchev–Trinajstić information content (AvgIpc) is 2.40. The Labute approximate surface area is 116 Å². The summed E-state index contributed by atoms with van der Waals surface area (Å²) in [5.41, 5.74) is 0. The first-order chi connectivity index (χ1) is 8.31. The molecule has 2 saturated heterocycles. The molecule has 0 aromatic rings. The number of amides is 1. The van der Waals surface area contributed by atoms with Crippen molar-refractivity contribution in [2.75, 3.05) is 39.9 Å². The van der Waals surface area contributed by atoms with Gasteiger partial charge in [-0.1, -0.05) is 0 Å². The molecule has 4 nitrogen and oxygen atoms in total. The van der Waals surface area contributed by atoms with Gasteiger partial charge in [-0.2, -0.15) is 0 Å². The van der Waals surface area contributed by atoms with E-state index in [-0.39, 0.29) is 18.3 Å². The van der Waals surface area contributed by atoms with E-state index in [9.17, 15) is 4.79 Å². The molecule has 2 aliphatic heterocycles. The molecule has 0 unspecified atom stereocenters. The highest BCUT2D eigenvalue weighted by molar-refractivity contribution is 5.85. The molecule has 2 heterocycles. The summed E-state index contributed by atoms with van der Waals surface area (Å²) in [6, 6.07) is 0. The number of rotatable bonds is 3. The summed E-state index contributed by atoms with van der Waals surface area (Å²) in [7, 11) is 1.76. The van der Waals surface area contributed by atoms with E-state index in [1.54, 1.807) is 7.11 Å². The Balaban J connectivity index is 0.00000162. The first-order valence-electron chi connectivity index (χ1n) is 6.79. The van der Waals surface area contributed by atoms with Gasteiger partial charge in [0.15, 0.2) is 0 Å². The Hall–Kier alpha value is -0.320. The van der Waals surface area contributed by atoms with Crippen LogP contribution in [0.3, 0.4) is 0 Å². The van der Waals surface area contributed by atoms with Gasteiger partial charge in [-0.05, 0) is 38.1 Å². The van der Waals surface area contributed by atoms with Gasteiger partial charge in [0.1, 0.15) is 0 Å². The maximum atomic E-state index is 12.3. The lowest BCUT2D eigenvalue weighted by Crippen LogP contribution is -2.46. The van der Waals surface area contributed by atoms with Crippen molar-refractivity contribution in [3.8, 4) is 0 Å². The van der Waals surface area contributed by atoms with Crippen molar-refractivity contribution in [2.45, 2.75) is 25.7 Å². The van der Waals surface area contributed by atoms with E-state index in [0.717, 1.165) is 58.5 Å². The molecule has 0 radical (unpaired) electrons. The van der Waals surface area contributed by atoms with E-state index in [2.05, 4.69) is 10.2 Å². The van der Waals surface area contributed by atoms with Crippen LogP contribution in [0.2, 0.25) is 0 Å². The van der Waals surface area contributed by atoms with Crippen LogP contribution in [0.5, 0.6) is 0 Å². The number of likely N-dealkylation sites (tertiary alicyclic amines) is 1. The second-order valence-electron chi connectivity index (χ2n) is 5.27. The van der Waals surface area contributed by atoms with Gasteiger partial charge in [0, 0.05) is 33.4 Å². The Kier molecular flexibility index (Phi) is 6.97. The zero-order chi connectivity index (χ0) is 12.1. The van der Waals surface area contributed by atoms with Crippen molar-refractivity contribution in [3.63, 3.8) is 0 Å². The normalized spacial score (nSPS) is 25.6. The Bertz CT molecular complexity index is 249. The number of halogens is 1. The van der Waals surface area contributed by atoms with Gasteiger partial charge in [0.05, 0.1) is 5.92 Å². The molecular formula is C13H25ClN2O2. The smallest absolute Gasteiger partial charge is 0.226 e. The highest BCUT2D eigenvalue weighted by Crippen LogP contribution is 2.21. The molecule has 18 heavy (non-hydrogen) atoms. The van der Waals surface area contributed by atoms with E-state index in [4.69, 9.17) is 4.74 Å². The highest BCUT2D eigenvalue weighted by Gasteiger charge is 2.28. The molecule has 1 atom stereocenters. The summed E-state index contributed by atoms with van der Waals surface area (Å²) in [6.45, 7) is 4.62. The molecule has 0 bridgehead atoms. The van der Waals surface area contributed by atoms with Crippen LogP contribution < -0.4 is 5.32 Å². The molecular weight excluding hydrogens is 252 g/mol. The van der Waals surface area contributed by atoms with Crippen LogP contribution >= 0.6 is 12.4 Å². The van der Waals surface area contributed by atoms with Gasteiger partial charge in [0.25, 0.3) is 0 Å². The van der Waals surface area contributed by atoms with Crippen LogP contribution in [-0.2, 0) is 9.53 Å². The minimum Gasteiger partial charge on any atom is -0.384 e. The third-order valence-electron chi connectivity index (χ3n) is 3.97. The largest absolute Gasteiger partial charge is 0.384 e. The number of piperidine rings is 2. The van der Waals surface area contributed by atoms with Crippen molar-refractivity contribution in [1.82, 2.24) is 10.2 Å². The topological polar surface area (TPSA) is 41.6 Å². The molecule has 0 spiro atoms. The van der Waals surface area contributed by atoms with E-state index < -0.39 is 0 Å². The SMILES string of the molecule is COCC1CCN(C(=O)[C@@H]2CCCNC2)CC1.Cl. The third-order valence-corrected chi connectivity index (χ3v) is 3.97. The molecule has 0 aromatic heterocycles. The number of hydrogen-bond acceptors (Lipinski definition) is 3. The van der Waals surface area contributed by atoms with Crippen LogP contribution in [0.4, 0.5) is 0 Å². The lowest BCUT2D eigenvalue weighted by atomic mass is 9.94. The predicted octanol–water partition coefficient (Wildman–Crippen LogP) is 1.29. The summed E-state index contributed by atoms with van der Waals surface area (Å²) in [5, 5.41) is 3.32. The Morgan fingerprint density at radius 1 is 1.33 bits per heavy atom. The van der Waals surface area contributed by atoms with Crippen LogP contribution in [0, 0.1) is 11.8 Å². The van der Waals surface area contributed by atoms with Crippen molar-refractivity contribution in [3.05, 3.63) is 0 Å². The standard InChI is InChI=1S/C13H24N2O2.ClH/c1-17-10-11-4-7-15(8-5-11)13(16)12-3-2-6-14-9-12;/h11-12,14H,2-10H2,1H3;1H/t12-;/m1./s1. The second-order valence-corrected chi connectivity index (χ2v) is 5.27. The lowest BCUT2D eigenvalue weighted by Gasteiger charge is -2.35. The van der Waals surface area contributed by atoms with E-state index in [1.807, 2.05) is 0 Å². The predicted molar refractivity (Wildman–Crippen MR) is 74.0 cm³/mol. The lowest BCUT2D eigenvalue weighted by molar-refractivity contribution is -0.137. The number of hydrogen-bond donors (Lipinski definition) is 1. The molecule has 106 valence electrons. The molecule has 2 rings (SSSR count). The van der Waals surface area contributed by atoms with E-state index in [1.165, 1.54) is 0 Å². The minimum absolute atomic E-state index is 0. The van der Waals surface area contributed by atoms with Crippen LogP contribution in [0.15, 0.2) is 0 Å². The molecule has 1 amide bonds. The monoisotopic (exact) mass is 276 g/mol. The number of nitrogens with zero attached hydrogens (tertiary/aromatic N) is 1. The minimum atomic E-state index is 0. The van der Waals surface area contributed by atoms with E-state index in [0.29, 0.717) is 11.8 Å². The maximum absolute atomic E-state index is 12.3. The van der Waals surface area contributed by atoms with Gasteiger partial charge in [-0.3, -0.25) is 4.79 Å². The summed E-state index contributed by atoms with van der Waals surface area (Å²) in [6.07, 6.45) is 4.39. The zero-order valence-electron chi connectivity index (χ0n) is 11.2. The highest BCUT2D eigenvalue weighted by atomic mass is 35.5. The van der Waals surface area contributed by atoms with Crippen LogP contribution in [0.1, 0.15) is 25.7 Å². The van der Waals surface area contributed by atoms with Crippen molar-refractivity contribution < 1.29 is 9.53 Å². The molecule has 0 saturated carbocycles. The fourth-order valence-corrected chi connectivity index (χ4v) is 2.88. The molecule has 2 fully saturated rings. The van der Waals surface area contributed by atoms with E-state index >= 15 is 0 Å². The fourth-order valence-electron chi connectivity index (χ4n) is 2.88. The molecule has 5 heteroatoms. The molecule has 0 aliphatic carbocycles. The summed E-state index contributed by atoms with van der Waals surface area (Å²) in [5.74, 6) is 1.24. The quantitative estimate of drug-likeness (QED) is 0.845. The molecule has 0 aromatic carbocycles. The summed E-state index contributed by atoms with van der Waals surface area (Å²) in [4.78, 5) is 14.3.